The predicted octanol–water partition coefficient (Wildman–Crippen LogP) is 0.269. The van der Waals surface area contributed by atoms with Crippen molar-refractivity contribution in [3.63, 3.8) is 0 Å². The Morgan fingerprint density at radius 1 is 1.39 bits per heavy atom. The Kier molecular flexibility index (Phi) is 6.49. The smallest absolute Gasteiger partial charge is 0.269 e. The molecule has 1 fully saturated rings. The van der Waals surface area contributed by atoms with Crippen molar-refractivity contribution in [1.29, 1.82) is 0 Å². The standard InChI is InChI=1S/C16H24N4O3/c1-23-9-8-20-6-4-12(5-7-20)10-19-16(22)14-3-2-13(11-18-14)15(17)21/h2-3,11-12H,4-10H2,1H3,(H2,17,21)(H,19,22). The van der Waals surface area contributed by atoms with Gasteiger partial charge in [0, 0.05) is 26.4 Å². The number of ether oxygens (including phenoxy) is 1. The molecule has 1 aromatic rings. The summed E-state index contributed by atoms with van der Waals surface area (Å²) in [6.45, 7) is 4.45. The first kappa shape index (κ1) is 17.4. The molecule has 3 N–H and O–H groups in total. The van der Waals surface area contributed by atoms with Gasteiger partial charge in [-0.1, -0.05) is 0 Å². The molecule has 1 aromatic heterocycles. The van der Waals surface area contributed by atoms with Gasteiger partial charge in [-0.2, -0.15) is 0 Å². The molecule has 0 radical (unpaired) electrons. The molecule has 126 valence electrons. The van der Waals surface area contributed by atoms with Gasteiger partial charge in [-0.3, -0.25) is 14.6 Å². The largest absolute Gasteiger partial charge is 0.383 e. The van der Waals surface area contributed by atoms with Crippen molar-refractivity contribution in [2.45, 2.75) is 12.8 Å². The summed E-state index contributed by atoms with van der Waals surface area (Å²) in [4.78, 5) is 29.4. The topological polar surface area (TPSA) is 97.5 Å². The second-order valence-electron chi connectivity index (χ2n) is 5.78. The summed E-state index contributed by atoms with van der Waals surface area (Å²) >= 11 is 0. The molecular weight excluding hydrogens is 296 g/mol. The van der Waals surface area contributed by atoms with Gasteiger partial charge in [0.15, 0.2) is 0 Å². The van der Waals surface area contributed by atoms with Crippen LogP contribution in [0.2, 0.25) is 0 Å². The first-order valence-electron chi connectivity index (χ1n) is 7.85. The van der Waals surface area contributed by atoms with Crippen LogP contribution in [0.3, 0.4) is 0 Å². The van der Waals surface area contributed by atoms with Crippen molar-refractivity contribution in [3.8, 4) is 0 Å². The van der Waals surface area contributed by atoms with Crippen LogP contribution in [0.4, 0.5) is 0 Å². The van der Waals surface area contributed by atoms with E-state index in [4.69, 9.17) is 10.5 Å². The number of nitrogens with zero attached hydrogens (tertiary/aromatic N) is 2. The van der Waals surface area contributed by atoms with Crippen molar-refractivity contribution in [1.82, 2.24) is 15.2 Å². The van der Waals surface area contributed by atoms with Gasteiger partial charge in [0.2, 0.25) is 5.91 Å². The summed E-state index contributed by atoms with van der Waals surface area (Å²) in [6, 6.07) is 3.03. The lowest BCUT2D eigenvalue weighted by Crippen LogP contribution is -2.40. The number of pyridine rings is 1. The molecule has 0 saturated carbocycles. The molecule has 0 atom stereocenters. The van der Waals surface area contributed by atoms with Crippen LogP contribution < -0.4 is 11.1 Å². The highest BCUT2D eigenvalue weighted by Gasteiger charge is 2.19. The fourth-order valence-electron chi connectivity index (χ4n) is 2.64. The first-order chi connectivity index (χ1) is 11.1. The summed E-state index contributed by atoms with van der Waals surface area (Å²) in [5.74, 6) is -0.282. The molecule has 2 heterocycles. The fourth-order valence-corrected chi connectivity index (χ4v) is 2.64. The number of methoxy groups -OCH3 is 1. The summed E-state index contributed by atoms with van der Waals surface area (Å²) in [6.07, 6.45) is 3.46. The molecule has 2 rings (SSSR count). The minimum atomic E-state index is -0.551. The molecule has 1 aliphatic heterocycles. The fraction of sp³-hybridized carbons (Fsp3) is 0.562. The highest BCUT2D eigenvalue weighted by atomic mass is 16.5. The number of piperidine rings is 1. The van der Waals surface area contributed by atoms with Crippen LogP contribution in [0.5, 0.6) is 0 Å². The van der Waals surface area contributed by atoms with E-state index in [0.717, 1.165) is 39.1 Å². The Labute approximate surface area is 136 Å². The molecular formula is C16H24N4O3. The van der Waals surface area contributed by atoms with Crippen LogP contribution in [0.25, 0.3) is 0 Å². The zero-order valence-corrected chi connectivity index (χ0v) is 13.5. The molecule has 1 saturated heterocycles. The third kappa shape index (κ3) is 5.30. The number of hydrogen-bond donors (Lipinski definition) is 2. The van der Waals surface area contributed by atoms with E-state index in [1.54, 1.807) is 7.11 Å². The zero-order valence-electron chi connectivity index (χ0n) is 13.5. The average molecular weight is 320 g/mol. The maximum atomic E-state index is 12.1. The van der Waals surface area contributed by atoms with E-state index >= 15 is 0 Å². The third-order valence-electron chi connectivity index (χ3n) is 4.15. The summed E-state index contributed by atoms with van der Waals surface area (Å²) in [5.41, 5.74) is 5.74. The van der Waals surface area contributed by atoms with Gasteiger partial charge in [0.05, 0.1) is 12.2 Å². The molecule has 2 amide bonds. The van der Waals surface area contributed by atoms with Crippen molar-refractivity contribution in [2.24, 2.45) is 11.7 Å². The van der Waals surface area contributed by atoms with E-state index in [1.165, 1.54) is 18.3 Å². The van der Waals surface area contributed by atoms with Crippen LogP contribution in [0.15, 0.2) is 18.3 Å². The van der Waals surface area contributed by atoms with Crippen LogP contribution in [0.1, 0.15) is 33.7 Å². The van der Waals surface area contributed by atoms with Crippen LogP contribution in [0, 0.1) is 5.92 Å². The quantitative estimate of drug-likeness (QED) is 0.751. The Bertz CT molecular complexity index is 525. The van der Waals surface area contributed by atoms with Crippen molar-refractivity contribution >= 4 is 11.8 Å². The molecule has 1 aliphatic rings. The highest BCUT2D eigenvalue weighted by molar-refractivity contribution is 5.95. The normalized spacial score (nSPS) is 16.2. The summed E-state index contributed by atoms with van der Waals surface area (Å²) in [7, 11) is 1.71. The second kappa shape index (κ2) is 8.59. The van der Waals surface area contributed by atoms with E-state index < -0.39 is 5.91 Å². The van der Waals surface area contributed by atoms with E-state index in [-0.39, 0.29) is 5.91 Å². The van der Waals surface area contributed by atoms with Gasteiger partial charge >= 0.3 is 0 Å². The van der Waals surface area contributed by atoms with Gasteiger partial charge in [-0.05, 0) is 44.0 Å². The maximum Gasteiger partial charge on any atom is 0.269 e. The Morgan fingerprint density at radius 2 is 2.13 bits per heavy atom. The number of likely N-dealkylation sites (tertiary alicyclic amines) is 1. The van der Waals surface area contributed by atoms with E-state index in [1.807, 2.05) is 0 Å². The SMILES string of the molecule is COCCN1CCC(CNC(=O)c2ccc(C(N)=O)cn2)CC1. The average Bonchev–Trinajstić information content (AvgIpc) is 2.58. The monoisotopic (exact) mass is 320 g/mol. The summed E-state index contributed by atoms with van der Waals surface area (Å²) in [5, 5.41) is 2.91. The minimum Gasteiger partial charge on any atom is -0.383 e. The van der Waals surface area contributed by atoms with Crippen LogP contribution in [-0.2, 0) is 4.74 Å². The van der Waals surface area contributed by atoms with Gasteiger partial charge in [0.1, 0.15) is 5.69 Å². The Balaban J connectivity index is 1.73. The molecule has 7 heteroatoms. The lowest BCUT2D eigenvalue weighted by atomic mass is 9.97. The zero-order chi connectivity index (χ0) is 16.7. The number of hydrogen-bond acceptors (Lipinski definition) is 5. The van der Waals surface area contributed by atoms with E-state index in [2.05, 4.69) is 15.2 Å². The Morgan fingerprint density at radius 3 is 2.70 bits per heavy atom. The number of rotatable bonds is 7. The van der Waals surface area contributed by atoms with E-state index in [9.17, 15) is 9.59 Å². The van der Waals surface area contributed by atoms with Crippen LogP contribution >= 0.6 is 0 Å². The summed E-state index contributed by atoms with van der Waals surface area (Å²) < 4.78 is 5.09. The van der Waals surface area contributed by atoms with Crippen molar-refractivity contribution in [2.75, 3.05) is 39.9 Å². The lowest BCUT2D eigenvalue weighted by molar-refractivity contribution is 0.0919. The highest BCUT2D eigenvalue weighted by Crippen LogP contribution is 2.16. The third-order valence-corrected chi connectivity index (χ3v) is 4.15. The van der Waals surface area contributed by atoms with Gasteiger partial charge in [0.25, 0.3) is 5.91 Å². The number of primary amides is 1. The molecule has 0 bridgehead atoms. The van der Waals surface area contributed by atoms with Gasteiger partial charge < -0.3 is 20.7 Å². The predicted molar refractivity (Wildman–Crippen MR) is 86.1 cm³/mol. The van der Waals surface area contributed by atoms with Crippen LogP contribution in [-0.4, -0.2) is 61.6 Å². The molecule has 0 aliphatic carbocycles. The van der Waals surface area contributed by atoms with E-state index in [0.29, 0.717) is 23.7 Å². The molecule has 23 heavy (non-hydrogen) atoms. The lowest BCUT2D eigenvalue weighted by Gasteiger charge is -2.31. The first-order valence-corrected chi connectivity index (χ1v) is 7.85. The number of aromatic nitrogens is 1. The minimum absolute atomic E-state index is 0.220. The molecule has 0 aromatic carbocycles. The van der Waals surface area contributed by atoms with Gasteiger partial charge in [-0.15, -0.1) is 0 Å². The number of nitrogens with one attached hydrogen (secondary N) is 1. The number of carbonyl (C=O) groups excluding carboxylic acids is 2. The number of carbonyl (C=O) groups is 2. The second-order valence-corrected chi connectivity index (χ2v) is 5.78. The number of nitrogens with two attached hydrogens (primary N) is 1. The van der Waals surface area contributed by atoms with Crippen molar-refractivity contribution in [3.05, 3.63) is 29.6 Å². The number of amides is 2. The molecule has 0 unspecified atom stereocenters. The Hall–Kier alpha value is -1.99. The molecule has 7 nitrogen and oxygen atoms in total. The van der Waals surface area contributed by atoms with Crippen molar-refractivity contribution < 1.29 is 14.3 Å². The molecule has 0 spiro atoms. The maximum absolute atomic E-state index is 12.1. The van der Waals surface area contributed by atoms with Gasteiger partial charge in [-0.25, -0.2) is 0 Å².